The van der Waals surface area contributed by atoms with Gasteiger partial charge < -0.3 is 10.1 Å². The van der Waals surface area contributed by atoms with Crippen molar-refractivity contribution in [3.63, 3.8) is 0 Å². The molecule has 1 atom stereocenters. The van der Waals surface area contributed by atoms with Crippen LogP contribution in [0.2, 0.25) is 0 Å². The van der Waals surface area contributed by atoms with Crippen LogP contribution < -0.4 is 10.1 Å². The first-order chi connectivity index (χ1) is 11.8. The van der Waals surface area contributed by atoms with Crippen molar-refractivity contribution in [1.29, 1.82) is 0 Å². The highest BCUT2D eigenvalue weighted by atomic mass is 32.2. The van der Waals surface area contributed by atoms with Gasteiger partial charge in [0.05, 0.1) is 7.11 Å². The summed E-state index contributed by atoms with van der Waals surface area (Å²) in [6.07, 6.45) is 0. The van der Waals surface area contributed by atoms with E-state index in [1.54, 1.807) is 18.7 Å². The Kier molecular flexibility index (Phi) is 5.45. The molecule has 5 nitrogen and oxygen atoms in total. The molecule has 1 N–H and O–H groups in total. The maximum atomic E-state index is 12.8. The normalized spacial score (nSPS) is 11.7. The molecule has 3 aromatic rings. The SMILES string of the molecule is COc1cccc(NC(=O)[C@@H](Sc2nncs2)c2ccccc2)c1. The number of rotatable bonds is 6. The molecule has 0 unspecified atom stereocenters. The fourth-order valence-corrected chi connectivity index (χ4v) is 3.80. The molecule has 0 aliphatic rings. The van der Waals surface area contributed by atoms with E-state index in [-0.39, 0.29) is 5.91 Å². The zero-order valence-corrected chi connectivity index (χ0v) is 14.5. The van der Waals surface area contributed by atoms with Crippen molar-refractivity contribution in [1.82, 2.24) is 10.2 Å². The molecule has 0 saturated heterocycles. The van der Waals surface area contributed by atoms with Gasteiger partial charge in [-0.3, -0.25) is 4.79 Å². The third kappa shape index (κ3) is 4.12. The number of thioether (sulfide) groups is 1. The summed E-state index contributed by atoms with van der Waals surface area (Å²) in [6, 6.07) is 16.9. The van der Waals surface area contributed by atoms with Crippen LogP contribution in [0.3, 0.4) is 0 Å². The molecule has 0 fully saturated rings. The molecule has 2 aromatic carbocycles. The smallest absolute Gasteiger partial charge is 0.242 e. The number of aromatic nitrogens is 2. The molecular formula is C17H15N3O2S2. The molecule has 0 aliphatic heterocycles. The predicted octanol–water partition coefficient (Wildman–Crippen LogP) is 4.02. The predicted molar refractivity (Wildman–Crippen MR) is 96.6 cm³/mol. The van der Waals surface area contributed by atoms with E-state index in [1.807, 2.05) is 48.5 Å². The van der Waals surface area contributed by atoms with Crippen LogP contribution in [-0.4, -0.2) is 23.2 Å². The fraction of sp³-hybridized carbons (Fsp3) is 0.118. The Bertz CT molecular complexity index is 795. The fourth-order valence-electron chi connectivity index (χ4n) is 2.12. The lowest BCUT2D eigenvalue weighted by atomic mass is 10.1. The molecule has 24 heavy (non-hydrogen) atoms. The van der Waals surface area contributed by atoms with Gasteiger partial charge in [-0.1, -0.05) is 59.5 Å². The lowest BCUT2D eigenvalue weighted by Gasteiger charge is -2.16. The van der Waals surface area contributed by atoms with E-state index in [9.17, 15) is 4.79 Å². The molecule has 0 aliphatic carbocycles. The maximum Gasteiger partial charge on any atom is 0.242 e. The van der Waals surface area contributed by atoms with Crippen LogP contribution in [-0.2, 0) is 4.79 Å². The third-order valence-electron chi connectivity index (χ3n) is 3.24. The topological polar surface area (TPSA) is 64.1 Å². The molecular weight excluding hydrogens is 342 g/mol. The van der Waals surface area contributed by atoms with Crippen molar-refractivity contribution in [2.24, 2.45) is 0 Å². The second kappa shape index (κ2) is 7.94. The van der Waals surface area contributed by atoms with E-state index in [0.717, 1.165) is 9.90 Å². The van der Waals surface area contributed by atoms with Gasteiger partial charge >= 0.3 is 0 Å². The molecule has 1 aromatic heterocycles. The number of hydrogen-bond acceptors (Lipinski definition) is 6. The van der Waals surface area contributed by atoms with E-state index in [1.165, 1.54) is 23.1 Å². The van der Waals surface area contributed by atoms with E-state index in [2.05, 4.69) is 15.5 Å². The molecule has 3 rings (SSSR count). The highest BCUT2D eigenvalue weighted by Gasteiger charge is 2.23. The van der Waals surface area contributed by atoms with Crippen LogP contribution >= 0.6 is 23.1 Å². The molecule has 7 heteroatoms. The van der Waals surface area contributed by atoms with Gasteiger partial charge in [-0.25, -0.2) is 0 Å². The number of carbonyl (C=O) groups excluding carboxylic acids is 1. The number of ether oxygens (including phenoxy) is 1. The number of anilines is 1. The number of hydrogen-bond donors (Lipinski definition) is 1. The van der Waals surface area contributed by atoms with Gasteiger partial charge in [0.15, 0.2) is 4.34 Å². The molecule has 0 radical (unpaired) electrons. The van der Waals surface area contributed by atoms with Gasteiger partial charge in [0.25, 0.3) is 0 Å². The van der Waals surface area contributed by atoms with Crippen LogP contribution in [0.15, 0.2) is 64.4 Å². The summed E-state index contributed by atoms with van der Waals surface area (Å²) in [4.78, 5) is 12.8. The number of nitrogens with zero attached hydrogens (tertiary/aromatic N) is 2. The van der Waals surface area contributed by atoms with Crippen molar-refractivity contribution >= 4 is 34.7 Å². The van der Waals surface area contributed by atoms with Gasteiger partial charge in [0.1, 0.15) is 16.5 Å². The molecule has 122 valence electrons. The lowest BCUT2D eigenvalue weighted by molar-refractivity contribution is -0.115. The van der Waals surface area contributed by atoms with Crippen LogP contribution in [0.5, 0.6) is 5.75 Å². The Morgan fingerprint density at radius 1 is 1.21 bits per heavy atom. The number of carbonyl (C=O) groups is 1. The Labute approximate surface area is 148 Å². The van der Waals surface area contributed by atoms with E-state index in [4.69, 9.17) is 4.74 Å². The zero-order valence-electron chi connectivity index (χ0n) is 12.9. The Balaban J connectivity index is 1.82. The molecule has 0 saturated carbocycles. The second-order valence-electron chi connectivity index (χ2n) is 4.83. The molecule has 0 bridgehead atoms. The van der Waals surface area contributed by atoms with Gasteiger partial charge in [-0.15, -0.1) is 10.2 Å². The summed E-state index contributed by atoms with van der Waals surface area (Å²) in [7, 11) is 1.60. The van der Waals surface area contributed by atoms with Crippen molar-refractivity contribution in [2.75, 3.05) is 12.4 Å². The highest BCUT2D eigenvalue weighted by molar-refractivity contribution is 8.01. The summed E-state index contributed by atoms with van der Waals surface area (Å²) < 4.78 is 5.95. The molecule has 1 heterocycles. The van der Waals surface area contributed by atoms with E-state index < -0.39 is 5.25 Å². The van der Waals surface area contributed by atoms with E-state index in [0.29, 0.717) is 11.4 Å². The van der Waals surface area contributed by atoms with Crippen molar-refractivity contribution < 1.29 is 9.53 Å². The van der Waals surface area contributed by atoms with Gasteiger partial charge in [0.2, 0.25) is 5.91 Å². The Morgan fingerprint density at radius 3 is 2.75 bits per heavy atom. The molecule has 1 amide bonds. The first-order valence-electron chi connectivity index (χ1n) is 7.19. The Morgan fingerprint density at radius 2 is 2.04 bits per heavy atom. The van der Waals surface area contributed by atoms with Crippen molar-refractivity contribution in [3.8, 4) is 5.75 Å². The highest BCUT2D eigenvalue weighted by Crippen LogP contribution is 2.36. The third-order valence-corrected chi connectivity index (χ3v) is 5.30. The lowest BCUT2D eigenvalue weighted by Crippen LogP contribution is -2.19. The summed E-state index contributed by atoms with van der Waals surface area (Å²) in [6.45, 7) is 0. The average Bonchev–Trinajstić information content (AvgIpc) is 3.14. The summed E-state index contributed by atoms with van der Waals surface area (Å²) in [5, 5.41) is 10.4. The minimum atomic E-state index is -0.412. The van der Waals surface area contributed by atoms with Crippen LogP contribution in [0, 0.1) is 0 Å². The van der Waals surface area contributed by atoms with Crippen LogP contribution in [0.4, 0.5) is 5.69 Å². The van der Waals surface area contributed by atoms with E-state index >= 15 is 0 Å². The maximum absolute atomic E-state index is 12.8. The number of amides is 1. The van der Waals surface area contributed by atoms with Gasteiger partial charge in [0, 0.05) is 11.8 Å². The Hall–Kier alpha value is -2.38. The summed E-state index contributed by atoms with van der Waals surface area (Å²) in [5.41, 5.74) is 3.26. The van der Waals surface area contributed by atoms with Crippen molar-refractivity contribution in [2.45, 2.75) is 9.59 Å². The number of methoxy groups -OCH3 is 1. The number of benzene rings is 2. The average molecular weight is 357 g/mol. The summed E-state index contributed by atoms with van der Waals surface area (Å²) >= 11 is 2.80. The van der Waals surface area contributed by atoms with Crippen LogP contribution in [0.1, 0.15) is 10.8 Å². The van der Waals surface area contributed by atoms with Gasteiger partial charge in [-0.2, -0.15) is 0 Å². The zero-order chi connectivity index (χ0) is 16.8. The summed E-state index contributed by atoms with van der Waals surface area (Å²) in [5.74, 6) is 0.579. The largest absolute Gasteiger partial charge is 0.497 e. The first-order valence-corrected chi connectivity index (χ1v) is 8.95. The van der Waals surface area contributed by atoms with Crippen LogP contribution in [0.25, 0.3) is 0 Å². The van der Waals surface area contributed by atoms with Gasteiger partial charge in [-0.05, 0) is 17.7 Å². The molecule has 0 spiro atoms. The quantitative estimate of drug-likeness (QED) is 0.675. The number of nitrogens with one attached hydrogen (secondary N) is 1. The monoisotopic (exact) mass is 357 g/mol. The minimum absolute atomic E-state index is 0.116. The second-order valence-corrected chi connectivity index (χ2v) is 7.02. The standard InChI is InChI=1S/C17H15N3O2S2/c1-22-14-9-5-8-13(10-14)19-16(21)15(12-6-3-2-4-7-12)24-17-20-18-11-23-17/h2-11,15H,1H3,(H,19,21)/t15-/m0/s1. The minimum Gasteiger partial charge on any atom is -0.497 e. The first kappa shape index (κ1) is 16.5. The van der Waals surface area contributed by atoms with Crippen molar-refractivity contribution in [3.05, 3.63) is 65.7 Å².